The van der Waals surface area contributed by atoms with E-state index in [4.69, 9.17) is 32.7 Å². The molecular formula is C12H16BrCl2NO2. The van der Waals surface area contributed by atoms with Crippen LogP contribution >= 0.6 is 39.1 Å². The summed E-state index contributed by atoms with van der Waals surface area (Å²) in [6, 6.07) is 3.57. The van der Waals surface area contributed by atoms with Gasteiger partial charge in [0.05, 0.1) is 22.3 Å². The number of hydrogen-bond acceptors (Lipinski definition) is 3. The molecular weight excluding hydrogens is 341 g/mol. The maximum atomic E-state index is 6.11. The van der Waals surface area contributed by atoms with Crippen molar-refractivity contribution in [2.45, 2.75) is 20.1 Å². The summed E-state index contributed by atoms with van der Waals surface area (Å²) >= 11 is 15.6. The number of rotatable bonds is 7. The van der Waals surface area contributed by atoms with Gasteiger partial charge in [-0.15, -0.1) is 0 Å². The topological polar surface area (TPSA) is 30.5 Å². The summed E-state index contributed by atoms with van der Waals surface area (Å²) in [6.45, 7) is 5.52. The lowest BCUT2D eigenvalue weighted by Gasteiger charge is -2.19. The molecule has 0 unspecified atom stereocenters. The molecule has 0 aliphatic rings. The minimum absolute atomic E-state index is 0.309. The standard InChI is InChI=1S/C12H16BrCl2NO2/c1-3-17-11(18-4-2)7-16-12-9(14)5-8(13)6-10(12)15/h5-6,11,16H,3-4,7H2,1-2H3. The van der Waals surface area contributed by atoms with Gasteiger partial charge in [-0.3, -0.25) is 0 Å². The predicted octanol–water partition coefficient (Wildman–Crippen LogP) is 4.57. The Morgan fingerprint density at radius 1 is 1.17 bits per heavy atom. The second-order valence-corrected chi connectivity index (χ2v) is 5.20. The maximum absolute atomic E-state index is 6.11. The Hall–Kier alpha value is -0.0000000000000000763. The zero-order valence-electron chi connectivity index (χ0n) is 10.3. The third-order valence-corrected chi connectivity index (χ3v) is 3.21. The lowest BCUT2D eigenvalue weighted by Crippen LogP contribution is -2.26. The Morgan fingerprint density at radius 3 is 2.11 bits per heavy atom. The van der Waals surface area contributed by atoms with Gasteiger partial charge in [0.2, 0.25) is 0 Å². The molecule has 0 heterocycles. The zero-order valence-corrected chi connectivity index (χ0v) is 13.4. The van der Waals surface area contributed by atoms with Crippen molar-refractivity contribution in [1.29, 1.82) is 0 Å². The first kappa shape index (κ1) is 16.1. The molecule has 6 heteroatoms. The lowest BCUT2D eigenvalue weighted by molar-refractivity contribution is -0.126. The summed E-state index contributed by atoms with van der Waals surface area (Å²) in [7, 11) is 0. The number of ether oxygens (including phenoxy) is 2. The molecule has 1 aromatic rings. The fourth-order valence-corrected chi connectivity index (χ4v) is 2.78. The highest BCUT2D eigenvalue weighted by atomic mass is 79.9. The fraction of sp³-hybridized carbons (Fsp3) is 0.500. The molecule has 0 fully saturated rings. The van der Waals surface area contributed by atoms with E-state index in [1.165, 1.54) is 0 Å². The molecule has 0 saturated carbocycles. The Labute approximate surface area is 126 Å². The van der Waals surface area contributed by atoms with Crippen LogP contribution in [-0.2, 0) is 9.47 Å². The van der Waals surface area contributed by atoms with Crippen molar-refractivity contribution in [2.24, 2.45) is 0 Å². The number of anilines is 1. The van der Waals surface area contributed by atoms with E-state index >= 15 is 0 Å². The van der Waals surface area contributed by atoms with Gasteiger partial charge in [-0.2, -0.15) is 0 Å². The summed E-state index contributed by atoms with van der Waals surface area (Å²) in [5.41, 5.74) is 0.686. The minimum Gasteiger partial charge on any atom is -0.378 e. The molecule has 1 N–H and O–H groups in total. The van der Waals surface area contributed by atoms with Gasteiger partial charge in [-0.1, -0.05) is 39.1 Å². The molecule has 18 heavy (non-hydrogen) atoms. The van der Waals surface area contributed by atoms with Crippen molar-refractivity contribution >= 4 is 44.8 Å². The average molecular weight is 357 g/mol. The molecule has 0 spiro atoms. The van der Waals surface area contributed by atoms with E-state index in [0.717, 1.165) is 4.47 Å². The predicted molar refractivity (Wildman–Crippen MR) is 79.7 cm³/mol. The maximum Gasteiger partial charge on any atom is 0.174 e. The smallest absolute Gasteiger partial charge is 0.174 e. The number of benzene rings is 1. The molecule has 0 aliphatic heterocycles. The van der Waals surface area contributed by atoms with Crippen molar-refractivity contribution in [3.63, 3.8) is 0 Å². The largest absolute Gasteiger partial charge is 0.378 e. The highest BCUT2D eigenvalue weighted by Gasteiger charge is 2.11. The highest BCUT2D eigenvalue weighted by Crippen LogP contribution is 2.33. The van der Waals surface area contributed by atoms with Crippen LogP contribution in [0.4, 0.5) is 5.69 Å². The van der Waals surface area contributed by atoms with E-state index < -0.39 is 0 Å². The van der Waals surface area contributed by atoms with E-state index in [2.05, 4.69) is 21.2 Å². The van der Waals surface area contributed by atoms with Crippen LogP contribution in [0.3, 0.4) is 0 Å². The summed E-state index contributed by atoms with van der Waals surface area (Å²) in [4.78, 5) is 0. The Balaban J connectivity index is 2.66. The normalized spacial score (nSPS) is 11.0. The summed E-state index contributed by atoms with van der Waals surface area (Å²) < 4.78 is 11.7. The SMILES string of the molecule is CCOC(CNc1c(Cl)cc(Br)cc1Cl)OCC. The summed E-state index contributed by atoms with van der Waals surface area (Å²) in [5, 5.41) is 4.26. The molecule has 0 aliphatic carbocycles. The molecule has 0 atom stereocenters. The van der Waals surface area contributed by atoms with Crippen LogP contribution in [0.2, 0.25) is 10.0 Å². The van der Waals surface area contributed by atoms with Gasteiger partial charge >= 0.3 is 0 Å². The highest BCUT2D eigenvalue weighted by molar-refractivity contribution is 9.10. The molecule has 102 valence electrons. The number of nitrogens with one attached hydrogen (secondary N) is 1. The fourth-order valence-electron chi connectivity index (χ4n) is 1.43. The summed E-state index contributed by atoms with van der Waals surface area (Å²) in [6.07, 6.45) is -0.309. The van der Waals surface area contributed by atoms with E-state index in [-0.39, 0.29) is 6.29 Å². The molecule has 1 aromatic carbocycles. The van der Waals surface area contributed by atoms with Crippen LogP contribution in [-0.4, -0.2) is 26.0 Å². The molecule has 0 aromatic heterocycles. The Morgan fingerprint density at radius 2 is 1.67 bits per heavy atom. The number of halogens is 3. The Kier molecular flexibility index (Phi) is 7.34. The minimum atomic E-state index is -0.309. The van der Waals surface area contributed by atoms with Gasteiger partial charge in [0.1, 0.15) is 0 Å². The van der Waals surface area contributed by atoms with E-state index in [9.17, 15) is 0 Å². The van der Waals surface area contributed by atoms with Crippen molar-refractivity contribution in [1.82, 2.24) is 0 Å². The molecule has 0 bridgehead atoms. The second kappa shape index (κ2) is 8.23. The number of hydrogen-bond donors (Lipinski definition) is 1. The third-order valence-electron chi connectivity index (χ3n) is 2.16. The van der Waals surface area contributed by atoms with Crippen molar-refractivity contribution < 1.29 is 9.47 Å². The van der Waals surface area contributed by atoms with Crippen molar-refractivity contribution in [3.05, 3.63) is 26.7 Å². The van der Waals surface area contributed by atoms with Crippen molar-refractivity contribution in [2.75, 3.05) is 25.1 Å². The molecule has 3 nitrogen and oxygen atoms in total. The first-order chi connectivity index (χ1) is 8.58. The van der Waals surface area contributed by atoms with Gasteiger partial charge in [0.15, 0.2) is 6.29 Å². The molecule has 0 amide bonds. The zero-order chi connectivity index (χ0) is 13.5. The molecule has 0 radical (unpaired) electrons. The van der Waals surface area contributed by atoms with Crippen LogP contribution < -0.4 is 5.32 Å². The van der Waals surface area contributed by atoms with Crippen LogP contribution in [0.25, 0.3) is 0 Å². The van der Waals surface area contributed by atoms with Crippen LogP contribution in [0.5, 0.6) is 0 Å². The van der Waals surface area contributed by atoms with Crippen LogP contribution in [0.1, 0.15) is 13.8 Å². The van der Waals surface area contributed by atoms with E-state index in [1.807, 2.05) is 13.8 Å². The van der Waals surface area contributed by atoms with Gasteiger partial charge < -0.3 is 14.8 Å². The van der Waals surface area contributed by atoms with Crippen molar-refractivity contribution in [3.8, 4) is 0 Å². The molecule has 1 rings (SSSR count). The average Bonchev–Trinajstić information content (AvgIpc) is 2.28. The first-order valence-electron chi connectivity index (χ1n) is 5.70. The second-order valence-electron chi connectivity index (χ2n) is 3.47. The van der Waals surface area contributed by atoms with Gasteiger partial charge in [0.25, 0.3) is 0 Å². The third kappa shape index (κ3) is 4.94. The van der Waals surface area contributed by atoms with Crippen LogP contribution in [0, 0.1) is 0 Å². The van der Waals surface area contributed by atoms with E-state index in [1.54, 1.807) is 12.1 Å². The van der Waals surface area contributed by atoms with Gasteiger partial charge in [-0.05, 0) is 26.0 Å². The molecule has 0 saturated heterocycles. The van der Waals surface area contributed by atoms with Gasteiger partial charge in [0, 0.05) is 17.7 Å². The monoisotopic (exact) mass is 355 g/mol. The van der Waals surface area contributed by atoms with Crippen LogP contribution in [0.15, 0.2) is 16.6 Å². The Bertz CT molecular complexity index is 361. The van der Waals surface area contributed by atoms with Gasteiger partial charge in [-0.25, -0.2) is 0 Å². The summed E-state index contributed by atoms with van der Waals surface area (Å²) in [5.74, 6) is 0. The van der Waals surface area contributed by atoms with E-state index in [0.29, 0.717) is 35.5 Å². The lowest BCUT2D eigenvalue weighted by atomic mass is 10.3. The quantitative estimate of drug-likeness (QED) is 0.726. The first-order valence-corrected chi connectivity index (χ1v) is 7.25.